The number of benzene rings is 1. The Labute approximate surface area is 132 Å². The van der Waals surface area contributed by atoms with Gasteiger partial charge < -0.3 is 10.5 Å². The van der Waals surface area contributed by atoms with Crippen LogP contribution in [0.5, 0.6) is 5.75 Å². The van der Waals surface area contributed by atoms with Gasteiger partial charge in [0.1, 0.15) is 17.3 Å². The Morgan fingerprint density at radius 1 is 1.50 bits per heavy atom. The van der Waals surface area contributed by atoms with Crippen molar-refractivity contribution in [2.45, 2.75) is 20.0 Å². The third-order valence-electron chi connectivity index (χ3n) is 3.00. The van der Waals surface area contributed by atoms with E-state index in [4.69, 9.17) is 22.7 Å². The van der Waals surface area contributed by atoms with Gasteiger partial charge in [-0.1, -0.05) is 31.3 Å². The van der Waals surface area contributed by atoms with Crippen LogP contribution < -0.4 is 10.5 Å². The first-order valence-corrected chi connectivity index (χ1v) is 7.46. The van der Waals surface area contributed by atoms with Crippen LogP contribution in [0.4, 0.5) is 0 Å². The molecule has 0 amide bonds. The summed E-state index contributed by atoms with van der Waals surface area (Å²) in [6.45, 7) is 2.51. The Morgan fingerprint density at radius 3 is 2.85 bits per heavy atom. The first-order chi connectivity index (χ1) is 9.52. The number of nitrogens with zero attached hydrogens (tertiary/aromatic N) is 2. The van der Waals surface area contributed by atoms with Crippen LogP contribution in [0.1, 0.15) is 23.9 Å². The molecular formula is C14H16BrN3OS. The predicted octanol–water partition coefficient (Wildman–Crippen LogP) is 2.96. The molecule has 0 fully saturated rings. The largest absolute Gasteiger partial charge is 0.487 e. The lowest BCUT2D eigenvalue weighted by molar-refractivity contribution is 0.294. The Bertz CT molecular complexity index is 639. The molecule has 4 nitrogen and oxygen atoms in total. The summed E-state index contributed by atoms with van der Waals surface area (Å²) >= 11 is 8.53. The van der Waals surface area contributed by atoms with E-state index in [1.54, 1.807) is 0 Å². The molecule has 6 heteroatoms. The molecule has 0 bridgehead atoms. The summed E-state index contributed by atoms with van der Waals surface area (Å²) in [5.74, 6) is 0.737. The second kappa shape index (κ2) is 6.37. The number of rotatable bonds is 5. The van der Waals surface area contributed by atoms with Crippen LogP contribution in [0.25, 0.3) is 0 Å². The number of ether oxygens (including phenoxy) is 1. The van der Waals surface area contributed by atoms with Crippen LogP contribution in [0.2, 0.25) is 0 Å². The van der Waals surface area contributed by atoms with Crippen molar-refractivity contribution >= 4 is 33.1 Å². The molecule has 0 radical (unpaired) electrons. The fourth-order valence-electron chi connectivity index (χ4n) is 1.87. The highest BCUT2D eigenvalue weighted by molar-refractivity contribution is 9.10. The quantitative estimate of drug-likeness (QED) is 0.839. The van der Waals surface area contributed by atoms with E-state index in [2.05, 4.69) is 28.0 Å². The number of hydrogen-bond donors (Lipinski definition) is 1. The van der Waals surface area contributed by atoms with E-state index in [9.17, 15) is 0 Å². The first-order valence-electron chi connectivity index (χ1n) is 6.25. The fourth-order valence-corrected chi connectivity index (χ4v) is 2.73. The number of nitrogens with two attached hydrogens (primary N) is 1. The molecule has 0 spiro atoms. The van der Waals surface area contributed by atoms with Crippen LogP contribution in [0.15, 0.2) is 28.7 Å². The summed E-state index contributed by atoms with van der Waals surface area (Å²) in [7, 11) is 1.91. The molecule has 0 aliphatic carbocycles. The Hall–Kier alpha value is -1.40. The van der Waals surface area contributed by atoms with E-state index in [1.807, 2.05) is 36.0 Å². The molecule has 2 rings (SSSR count). The van der Waals surface area contributed by atoms with Gasteiger partial charge in [-0.25, -0.2) is 0 Å². The highest BCUT2D eigenvalue weighted by Gasteiger charge is 2.13. The minimum atomic E-state index is 0.366. The smallest absolute Gasteiger partial charge is 0.131 e. The monoisotopic (exact) mass is 353 g/mol. The van der Waals surface area contributed by atoms with Crippen LogP contribution in [-0.4, -0.2) is 14.8 Å². The average molecular weight is 354 g/mol. The molecule has 1 heterocycles. The van der Waals surface area contributed by atoms with Crippen molar-refractivity contribution in [3.05, 3.63) is 45.7 Å². The van der Waals surface area contributed by atoms with Crippen molar-refractivity contribution in [1.82, 2.24) is 9.78 Å². The second-order valence-corrected chi connectivity index (χ2v) is 5.60. The fraction of sp³-hybridized carbons (Fsp3) is 0.286. The van der Waals surface area contributed by atoms with Gasteiger partial charge >= 0.3 is 0 Å². The van der Waals surface area contributed by atoms with Crippen molar-refractivity contribution in [3.63, 3.8) is 0 Å². The molecule has 0 unspecified atom stereocenters. The van der Waals surface area contributed by atoms with Crippen molar-refractivity contribution in [1.29, 1.82) is 0 Å². The van der Waals surface area contributed by atoms with Gasteiger partial charge in [-0.3, -0.25) is 4.68 Å². The van der Waals surface area contributed by atoms with Gasteiger partial charge in [0.25, 0.3) is 0 Å². The summed E-state index contributed by atoms with van der Waals surface area (Å²) in [5, 5.41) is 4.44. The Kier molecular flexibility index (Phi) is 4.77. The summed E-state index contributed by atoms with van der Waals surface area (Å²) in [6.07, 6.45) is 0.880. The van der Waals surface area contributed by atoms with Crippen LogP contribution in [0.3, 0.4) is 0 Å². The maximum Gasteiger partial charge on any atom is 0.131 e. The third kappa shape index (κ3) is 3.19. The SMILES string of the molecule is CCc1nn(C)c(COc2cccc(C(N)=S)c2)c1Br. The van der Waals surface area contributed by atoms with E-state index < -0.39 is 0 Å². The molecular weight excluding hydrogens is 338 g/mol. The van der Waals surface area contributed by atoms with E-state index in [0.29, 0.717) is 11.6 Å². The molecule has 2 N–H and O–H groups in total. The van der Waals surface area contributed by atoms with E-state index >= 15 is 0 Å². The highest BCUT2D eigenvalue weighted by atomic mass is 79.9. The first kappa shape index (κ1) is 15.0. The van der Waals surface area contributed by atoms with Gasteiger partial charge in [-0.2, -0.15) is 5.10 Å². The van der Waals surface area contributed by atoms with Gasteiger partial charge in [0.2, 0.25) is 0 Å². The zero-order valence-corrected chi connectivity index (χ0v) is 13.8. The normalized spacial score (nSPS) is 10.6. The molecule has 0 saturated heterocycles. The van der Waals surface area contributed by atoms with Gasteiger partial charge in [-0.15, -0.1) is 0 Å². The molecule has 106 valence electrons. The zero-order valence-electron chi connectivity index (χ0n) is 11.4. The minimum absolute atomic E-state index is 0.366. The van der Waals surface area contributed by atoms with Crippen LogP contribution in [0, 0.1) is 0 Å². The molecule has 0 saturated carbocycles. The van der Waals surface area contributed by atoms with Gasteiger partial charge in [0, 0.05) is 12.6 Å². The lowest BCUT2D eigenvalue weighted by atomic mass is 10.2. The molecule has 2 aromatic rings. The minimum Gasteiger partial charge on any atom is -0.487 e. The maximum absolute atomic E-state index is 5.80. The number of hydrogen-bond acceptors (Lipinski definition) is 3. The van der Waals surface area contributed by atoms with Crippen molar-refractivity contribution in [2.24, 2.45) is 12.8 Å². The lowest BCUT2D eigenvalue weighted by Crippen LogP contribution is -2.09. The highest BCUT2D eigenvalue weighted by Crippen LogP contribution is 2.23. The molecule has 0 aliphatic heterocycles. The van der Waals surface area contributed by atoms with Gasteiger partial charge in [0.05, 0.1) is 15.9 Å². The molecule has 0 aliphatic rings. The average Bonchev–Trinajstić information content (AvgIpc) is 2.71. The molecule has 20 heavy (non-hydrogen) atoms. The third-order valence-corrected chi connectivity index (χ3v) is 4.15. The molecule has 1 aromatic carbocycles. The van der Waals surface area contributed by atoms with Gasteiger partial charge in [-0.05, 0) is 34.5 Å². The predicted molar refractivity (Wildman–Crippen MR) is 86.9 cm³/mol. The Balaban J connectivity index is 2.15. The van der Waals surface area contributed by atoms with Crippen molar-refractivity contribution in [2.75, 3.05) is 0 Å². The van der Waals surface area contributed by atoms with Crippen LogP contribution in [-0.2, 0) is 20.1 Å². The van der Waals surface area contributed by atoms with Crippen LogP contribution >= 0.6 is 28.1 Å². The zero-order chi connectivity index (χ0) is 14.7. The van der Waals surface area contributed by atoms with E-state index in [1.165, 1.54) is 0 Å². The Morgan fingerprint density at radius 2 is 2.25 bits per heavy atom. The van der Waals surface area contributed by atoms with E-state index in [0.717, 1.165) is 33.6 Å². The summed E-state index contributed by atoms with van der Waals surface area (Å²) in [5.41, 5.74) is 8.45. The topological polar surface area (TPSA) is 53.1 Å². The second-order valence-electron chi connectivity index (χ2n) is 4.37. The number of halogens is 1. The number of aromatic nitrogens is 2. The summed E-state index contributed by atoms with van der Waals surface area (Å²) < 4.78 is 8.64. The summed E-state index contributed by atoms with van der Waals surface area (Å²) in [6, 6.07) is 7.46. The van der Waals surface area contributed by atoms with E-state index in [-0.39, 0.29) is 0 Å². The molecule has 0 atom stereocenters. The van der Waals surface area contributed by atoms with Crippen molar-refractivity contribution < 1.29 is 4.74 Å². The number of aryl methyl sites for hydroxylation is 2. The lowest BCUT2D eigenvalue weighted by Gasteiger charge is -2.08. The molecule has 1 aromatic heterocycles. The number of thiocarbonyl (C=S) groups is 1. The maximum atomic E-state index is 5.80. The van der Waals surface area contributed by atoms with Crippen molar-refractivity contribution in [3.8, 4) is 5.75 Å². The van der Waals surface area contributed by atoms with Gasteiger partial charge in [0.15, 0.2) is 0 Å². The standard InChI is InChI=1S/C14H16BrN3OS/c1-3-11-13(15)12(18(2)17-11)8-19-10-6-4-5-9(7-10)14(16)20/h4-7H,3,8H2,1-2H3,(H2,16,20). The summed E-state index contributed by atoms with van der Waals surface area (Å²) in [4.78, 5) is 0.366.